The first-order valence-electron chi connectivity index (χ1n) is 8.34. The average molecular weight is 420 g/mol. The monoisotopic (exact) mass is 420 g/mol. The van der Waals surface area contributed by atoms with Crippen molar-refractivity contribution in [1.29, 1.82) is 5.26 Å². The van der Waals surface area contributed by atoms with Gasteiger partial charge in [-0.15, -0.1) is 6.58 Å². The highest BCUT2D eigenvalue weighted by molar-refractivity contribution is 7.89. The first-order valence-corrected chi connectivity index (χ1v) is 9.82. The van der Waals surface area contributed by atoms with Gasteiger partial charge >= 0.3 is 0 Å². The lowest BCUT2D eigenvalue weighted by atomic mass is 10.2. The van der Waals surface area contributed by atoms with Gasteiger partial charge in [0.05, 0.1) is 17.7 Å². The number of nitriles is 1. The molecule has 0 radical (unpaired) electrons. The maximum atomic E-state index is 13.5. The molecule has 0 bridgehead atoms. The molecule has 1 aromatic carbocycles. The van der Waals surface area contributed by atoms with Crippen LogP contribution in [0.3, 0.4) is 0 Å². The highest BCUT2D eigenvalue weighted by Gasteiger charge is 2.36. The third-order valence-corrected chi connectivity index (χ3v) is 5.80. The second-order valence-corrected chi connectivity index (χ2v) is 7.99. The number of aromatic nitrogens is 1. The zero-order chi connectivity index (χ0) is 21.3. The molecule has 2 atom stereocenters. The highest BCUT2D eigenvalue weighted by Crippen LogP contribution is 2.33. The highest BCUT2D eigenvalue weighted by atomic mass is 32.2. The van der Waals surface area contributed by atoms with Crippen LogP contribution in [0.4, 0.5) is 10.1 Å². The third kappa shape index (κ3) is 3.86. The van der Waals surface area contributed by atoms with Gasteiger partial charge in [-0.25, -0.2) is 17.5 Å². The Morgan fingerprint density at radius 3 is 2.97 bits per heavy atom. The molecule has 0 fully saturated rings. The Morgan fingerprint density at radius 1 is 1.59 bits per heavy atom. The molecular formula is C18H17FN4O5S. The van der Waals surface area contributed by atoms with Gasteiger partial charge in [-0.05, 0) is 18.2 Å². The molecule has 1 amide bonds. The number of ether oxygens (including phenoxy) is 1. The smallest absolute Gasteiger partial charge is 0.276 e. The number of nitrogens with one attached hydrogen (secondary N) is 2. The molecule has 29 heavy (non-hydrogen) atoms. The average Bonchev–Trinajstić information content (AvgIpc) is 2.96. The number of fused-ring (bicyclic) bond motifs is 1. The van der Waals surface area contributed by atoms with Crippen molar-refractivity contribution in [2.24, 2.45) is 7.05 Å². The molecule has 152 valence electrons. The summed E-state index contributed by atoms with van der Waals surface area (Å²) in [7, 11) is -2.62. The first-order chi connectivity index (χ1) is 13.7. The van der Waals surface area contributed by atoms with Crippen molar-refractivity contribution < 1.29 is 27.4 Å². The lowest BCUT2D eigenvalue weighted by molar-refractivity contribution is 0.101. The van der Waals surface area contributed by atoms with Gasteiger partial charge in [-0.2, -0.15) is 5.26 Å². The molecular weight excluding hydrogens is 403 g/mol. The summed E-state index contributed by atoms with van der Waals surface area (Å²) in [6, 6.07) is 4.14. The Balaban J connectivity index is 1.97. The topological polar surface area (TPSA) is 133 Å². The maximum absolute atomic E-state index is 13.5. The van der Waals surface area contributed by atoms with E-state index in [9.17, 15) is 22.7 Å². The van der Waals surface area contributed by atoms with E-state index in [4.69, 9.17) is 10.00 Å². The number of nitrogens with zero attached hydrogens (tertiary/aromatic N) is 2. The zero-order valence-corrected chi connectivity index (χ0v) is 16.0. The number of sulfonamides is 1. The van der Waals surface area contributed by atoms with Crippen molar-refractivity contribution in [2.45, 2.75) is 17.0 Å². The second-order valence-electron chi connectivity index (χ2n) is 6.31. The Labute approximate surface area is 166 Å². The van der Waals surface area contributed by atoms with Crippen molar-refractivity contribution in [3.8, 4) is 11.8 Å². The third-order valence-electron chi connectivity index (χ3n) is 4.32. The number of aliphatic hydroxyl groups excluding tert-OH is 1. The van der Waals surface area contributed by atoms with Crippen LogP contribution < -0.4 is 14.8 Å². The van der Waals surface area contributed by atoms with Crippen molar-refractivity contribution in [3.05, 3.63) is 54.1 Å². The van der Waals surface area contributed by atoms with E-state index in [0.29, 0.717) is 0 Å². The standard InChI is InChI=1S/C18H17FN4O5S/c1-3-14(24)13-9-28-17-15(29(26,27)22-13)8-23(2)16(17)18(25)21-11-4-5-12(19)10(6-11)7-20/h3-6,8,13-14,22,24H,1,9H2,2H3,(H,21,25)/t13-,14-/m0/s1. The van der Waals surface area contributed by atoms with Crippen LogP contribution >= 0.6 is 0 Å². The molecule has 0 saturated heterocycles. The minimum atomic E-state index is -4.08. The van der Waals surface area contributed by atoms with Crippen LogP contribution in [0.1, 0.15) is 16.1 Å². The van der Waals surface area contributed by atoms with Gasteiger partial charge in [0, 0.05) is 18.9 Å². The molecule has 11 heteroatoms. The SMILES string of the molecule is C=C[C@H](O)[C@@H]1COc2c(cn(C)c2C(=O)Nc2ccc(F)c(C#N)c2)S(=O)(=O)N1. The number of hydrogen-bond acceptors (Lipinski definition) is 6. The van der Waals surface area contributed by atoms with Crippen LogP contribution in [0.25, 0.3) is 0 Å². The zero-order valence-electron chi connectivity index (χ0n) is 15.2. The summed E-state index contributed by atoms with van der Waals surface area (Å²) >= 11 is 0. The van der Waals surface area contributed by atoms with E-state index in [0.717, 1.165) is 12.1 Å². The largest absolute Gasteiger partial charge is 0.488 e. The van der Waals surface area contributed by atoms with Crippen molar-refractivity contribution >= 4 is 21.6 Å². The normalized spacial score (nSPS) is 18.5. The summed E-state index contributed by atoms with van der Waals surface area (Å²) in [5.41, 5.74) is -0.197. The van der Waals surface area contributed by atoms with Crippen LogP contribution in [0.2, 0.25) is 0 Å². The summed E-state index contributed by atoms with van der Waals surface area (Å²) in [6.07, 6.45) is 1.19. The van der Waals surface area contributed by atoms with Gasteiger partial charge in [-0.3, -0.25) is 4.79 Å². The van der Waals surface area contributed by atoms with Crippen LogP contribution in [-0.2, 0) is 17.1 Å². The summed E-state index contributed by atoms with van der Waals surface area (Å²) < 4.78 is 47.9. The quantitative estimate of drug-likeness (QED) is 0.629. The van der Waals surface area contributed by atoms with Crippen LogP contribution in [-0.4, -0.2) is 42.8 Å². The van der Waals surface area contributed by atoms with Crippen molar-refractivity contribution in [1.82, 2.24) is 9.29 Å². The van der Waals surface area contributed by atoms with E-state index in [1.54, 1.807) is 6.07 Å². The summed E-state index contributed by atoms with van der Waals surface area (Å²) in [4.78, 5) is 12.5. The number of anilines is 1. The number of benzene rings is 1. The van der Waals surface area contributed by atoms with Crippen molar-refractivity contribution in [3.63, 3.8) is 0 Å². The Morgan fingerprint density at radius 2 is 2.31 bits per heavy atom. The summed E-state index contributed by atoms with van der Waals surface area (Å²) in [5, 5.41) is 21.3. The predicted molar refractivity (Wildman–Crippen MR) is 100 cm³/mol. The van der Waals surface area contributed by atoms with Gasteiger partial charge in [-0.1, -0.05) is 6.08 Å². The number of rotatable bonds is 4. The first kappa shape index (κ1) is 20.5. The molecule has 0 aliphatic carbocycles. The number of hydrogen-bond donors (Lipinski definition) is 3. The molecule has 9 nitrogen and oxygen atoms in total. The van der Waals surface area contributed by atoms with E-state index >= 15 is 0 Å². The fraction of sp³-hybridized carbons (Fsp3) is 0.222. The van der Waals surface area contributed by atoms with Gasteiger partial charge in [0.2, 0.25) is 10.0 Å². The Hall–Kier alpha value is -3.20. The maximum Gasteiger partial charge on any atom is 0.276 e. The predicted octanol–water partition coefficient (Wildman–Crippen LogP) is 0.874. The molecule has 1 aromatic heterocycles. The number of halogens is 1. The van der Waals surface area contributed by atoms with Crippen molar-refractivity contribution in [2.75, 3.05) is 11.9 Å². The summed E-state index contributed by atoms with van der Waals surface area (Å²) in [6.45, 7) is 3.18. The number of carbonyl (C=O) groups is 1. The summed E-state index contributed by atoms with van der Waals surface area (Å²) in [5.74, 6) is -1.63. The van der Waals surface area contributed by atoms with Gasteiger partial charge in [0.1, 0.15) is 23.4 Å². The van der Waals surface area contributed by atoms with Crippen LogP contribution in [0, 0.1) is 17.1 Å². The minimum Gasteiger partial charge on any atom is -0.488 e. The number of aryl methyl sites for hydroxylation is 1. The molecule has 3 N–H and O–H groups in total. The Bertz CT molecular complexity index is 1140. The molecule has 0 unspecified atom stereocenters. The van der Waals surface area contributed by atoms with E-state index in [1.165, 1.54) is 30.0 Å². The second kappa shape index (κ2) is 7.67. The fourth-order valence-electron chi connectivity index (χ4n) is 2.85. The lowest BCUT2D eigenvalue weighted by Crippen LogP contribution is -2.44. The Kier molecular flexibility index (Phi) is 5.43. The fourth-order valence-corrected chi connectivity index (χ4v) is 4.28. The number of aliphatic hydroxyl groups is 1. The van der Waals surface area contributed by atoms with E-state index in [1.807, 2.05) is 0 Å². The van der Waals surface area contributed by atoms with E-state index in [-0.39, 0.29) is 34.2 Å². The lowest BCUT2D eigenvalue weighted by Gasteiger charge is -2.18. The number of carbonyl (C=O) groups excluding carboxylic acids is 1. The molecule has 0 spiro atoms. The molecule has 3 rings (SSSR count). The molecule has 0 saturated carbocycles. The molecule has 1 aliphatic heterocycles. The molecule has 1 aliphatic rings. The van der Waals surface area contributed by atoms with Gasteiger partial charge in [0.15, 0.2) is 11.4 Å². The minimum absolute atomic E-state index is 0.0954. The van der Waals surface area contributed by atoms with Crippen LogP contribution in [0.5, 0.6) is 5.75 Å². The molecule has 2 aromatic rings. The van der Waals surface area contributed by atoms with E-state index in [2.05, 4.69) is 16.6 Å². The van der Waals surface area contributed by atoms with Gasteiger partial charge < -0.3 is 19.7 Å². The van der Waals surface area contributed by atoms with Crippen LogP contribution in [0.15, 0.2) is 41.9 Å². The van der Waals surface area contributed by atoms with Gasteiger partial charge in [0.25, 0.3) is 5.91 Å². The number of amides is 1. The van der Waals surface area contributed by atoms with E-state index < -0.39 is 33.9 Å². The molecule has 2 heterocycles.